The number of hydrogen-bond donors (Lipinski definition) is 0. The van der Waals surface area contributed by atoms with Gasteiger partial charge in [0.05, 0.1) is 0 Å². The van der Waals surface area contributed by atoms with Crippen molar-refractivity contribution in [3.8, 4) is 0 Å². The highest BCUT2D eigenvalue weighted by molar-refractivity contribution is 5.91. The van der Waals surface area contributed by atoms with E-state index in [-0.39, 0.29) is 5.78 Å². The van der Waals surface area contributed by atoms with E-state index in [4.69, 9.17) is 0 Å². The SMILES string of the molecule is C/C=C/C1=CC(=O)CCC1. The molecule has 1 heteroatoms. The zero-order chi connectivity index (χ0) is 7.40. The van der Waals surface area contributed by atoms with Crippen molar-refractivity contribution in [3.05, 3.63) is 23.8 Å². The molecule has 54 valence electrons. The van der Waals surface area contributed by atoms with E-state index in [9.17, 15) is 4.79 Å². The molecule has 0 bridgehead atoms. The zero-order valence-electron chi connectivity index (χ0n) is 6.26. The van der Waals surface area contributed by atoms with Crippen LogP contribution in [0.15, 0.2) is 23.8 Å². The van der Waals surface area contributed by atoms with Gasteiger partial charge in [0.25, 0.3) is 0 Å². The van der Waals surface area contributed by atoms with E-state index in [1.165, 1.54) is 5.57 Å². The normalized spacial score (nSPS) is 19.7. The fourth-order valence-corrected chi connectivity index (χ4v) is 1.16. The Morgan fingerprint density at radius 1 is 1.50 bits per heavy atom. The molecule has 0 aromatic rings. The van der Waals surface area contributed by atoms with E-state index in [2.05, 4.69) is 0 Å². The Kier molecular flexibility index (Phi) is 2.43. The molecular weight excluding hydrogens is 124 g/mol. The molecule has 0 unspecified atom stereocenters. The van der Waals surface area contributed by atoms with Crippen LogP contribution in [0.1, 0.15) is 26.2 Å². The Labute approximate surface area is 61.4 Å². The highest BCUT2D eigenvalue weighted by Crippen LogP contribution is 2.15. The van der Waals surface area contributed by atoms with Crippen molar-refractivity contribution in [2.75, 3.05) is 0 Å². The highest BCUT2D eigenvalue weighted by Gasteiger charge is 2.06. The standard InChI is InChI=1S/C9H12O/c1-2-4-8-5-3-6-9(10)7-8/h2,4,7H,3,5-6H2,1H3/b4-2+. The number of allylic oxidation sites excluding steroid dienone is 4. The first-order chi connectivity index (χ1) is 4.83. The molecule has 1 aliphatic carbocycles. The minimum atomic E-state index is 0.277. The molecule has 0 amide bonds. The van der Waals surface area contributed by atoms with E-state index in [1.54, 1.807) is 6.08 Å². The summed E-state index contributed by atoms with van der Waals surface area (Å²) in [5.41, 5.74) is 1.18. The Bertz CT molecular complexity index is 187. The third-order valence-electron chi connectivity index (χ3n) is 1.62. The van der Waals surface area contributed by atoms with Gasteiger partial charge in [-0.25, -0.2) is 0 Å². The fraction of sp³-hybridized carbons (Fsp3) is 0.444. The molecule has 0 aromatic carbocycles. The van der Waals surface area contributed by atoms with Gasteiger partial charge in [-0.3, -0.25) is 4.79 Å². The van der Waals surface area contributed by atoms with Gasteiger partial charge in [-0.1, -0.05) is 12.2 Å². The quantitative estimate of drug-likeness (QED) is 0.540. The van der Waals surface area contributed by atoms with Gasteiger partial charge in [0.1, 0.15) is 0 Å². The third kappa shape index (κ3) is 1.83. The molecule has 0 atom stereocenters. The van der Waals surface area contributed by atoms with Gasteiger partial charge in [-0.05, 0) is 31.4 Å². The van der Waals surface area contributed by atoms with Crippen LogP contribution in [0, 0.1) is 0 Å². The maximum Gasteiger partial charge on any atom is 0.155 e. The van der Waals surface area contributed by atoms with Crippen molar-refractivity contribution in [2.24, 2.45) is 0 Å². The van der Waals surface area contributed by atoms with E-state index in [0.29, 0.717) is 0 Å². The van der Waals surface area contributed by atoms with Crippen LogP contribution >= 0.6 is 0 Å². The van der Waals surface area contributed by atoms with Crippen LogP contribution in [0.2, 0.25) is 0 Å². The Hall–Kier alpha value is -0.850. The molecule has 0 heterocycles. The average molecular weight is 136 g/mol. The summed E-state index contributed by atoms with van der Waals surface area (Å²) in [6.45, 7) is 1.97. The maximum atomic E-state index is 10.8. The van der Waals surface area contributed by atoms with Gasteiger partial charge in [-0.15, -0.1) is 0 Å². The summed E-state index contributed by atoms with van der Waals surface area (Å²) >= 11 is 0. The first-order valence-electron chi connectivity index (χ1n) is 3.69. The van der Waals surface area contributed by atoms with Crippen LogP contribution < -0.4 is 0 Å². The van der Waals surface area contributed by atoms with E-state index in [0.717, 1.165) is 19.3 Å². The van der Waals surface area contributed by atoms with Gasteiger partial charge in [0.15, 0.2) is 5.78 Å². The van der Waals surface area contributed by atoms with Crippen molar-refractivity contribution >= 4 is 5.78 Å². The van der Waals surface area contributed by atoms with Crippen LogP contribution in [0.25, 0.3) is 0 Å². The number of hydrogen-bond acceptors (Lipinski definition) is 1. The lowest BCUT2D eigenvalue weighted by Gasteiger charge is -2.06. The highest BCUT2D eigenvalue weighted by atomic mass is 16.1. The minimum Gasteiger partial charge on any atom is -0.295 e. The number of carbonyl (C=O) groups is 1. The monoisotopic (exact) mass is 136 g/mol. The molecule has 1 nitrogen and oxygen atoms in total. The van der Waals surface area contributed by atoms with E-state index in [1.807, 2.05) is 19.1 Å². The topological polar surface area (TPSA) is 17.1 Å². The number of rotatable bonds is 1. The summed E-state index contributed by atoms with van der Waals surface area (Å²) < 4.78 is 0. The summed E-state index contributed by atoms with van der Waals surface area (Å²) in [6, 6.07) is 0. The minimum absolute atomic E-state index is 0.277. The molecule has 1 aliphatic rings. The maximum absolute atomic E-state index is 10.8. The second kappa shape index (κ2) is 3.35. The smallest absolute Gasteiger partial charge is 0.155 e. The molecule has 0 aliphatic heterocycles. The van der Waals surface area contributed by atoms with Gasteiger partial charge in [0.2, 0.25) is 0 Å². The van der Waals surface area contributed by atoms with Gasteiger partial charge in [0, 0.05) is 6.42 Å². The lowest BCUT2D eigenvalue weighted by molar-refractivity contribution is -0.115. The van der Waals surface area contributed by atoms with Crippen molar-refractivity contribution in [2.45, 2.75) is 26.2 Å². The van der Waals surface area contributed by atoms with Crippen LogP contribution in [-0.2, 0) is 4.79 Å². The second-order valence-corrected chi connectivity index (χ2v) is 2.54. The summed E-state index contributed by atoms with van der Waals surface area (Å²) in [5.74, 6) is 0.277. The van der Waals surface area contributed by atoms with Gasteiger partial charge >= 0.3 is 0 Å². The fourth-order valence-electron chi connectivity index (χ4n) is 1.16. The molecule has 1 rings (SSSR count). The van der Waals surface area contributed by atoms with Crippen molar-refractivity contribution in [1.29, 1.82) is 0 Å². The first kappa shape index (κ1) is 7.26. The molecule has 0 spiro atoms. The van der Waals surface area contributed by atoms with Gasteiger partial charge in [-0.2, -0.15) is 0 Å². The van der Waals surface area contributed by atoms with Crippen molar-refractivity contribution in [3.63, 3.8) is 0 Å². The third-order valence-corrected chi connectivity index (χ3v) is 1.62. The molecule has 0 fully saturated rings. The summed E-state index contributed by atoms with van der Waals surface area (Å²) in [4.78, 5) is 10.8. The van der Waals surface area contributed by atoms with Crippen molar-refractivity contribution in [1.82, 2.24) is 0 Å². The Morgan fingerprint density at radius 3 is 2.90 bits per heavy atom. The molecule has 0 saturated heterocycles. The van der Waals surface area contributed by atoms with E-state index < -0.39 is 0 Å². The second-order valence-electron chi connectivity index (χ2n) is 2.54. The predicted octanol–water partition coefficient (Wildman–Crippen LogP) is 2.24. The van der Waals surface area contributed by atoms with Crippen LogP contribution in [0.4, 0.5) is 0 Å². The average Bonchev–Trinajstić information content (AvgIpc) is 1.88. The van der Waals surface area contributed by atoms with E-state index >= 15 is 0 Å². The zero-order valence-corrected chi connectivity index (χ0v) is 6.26. The van der Waals surface area contributed by atoms with Gasteiger partial charge < -0.3 is 0 Å². The number of ketones is 1. The summed E-state index contributed by atoms with van der Waals surface area (Å²) in [7, 11) is 0. The lowest BCUT2D eigenvalue weighted by Crippen LogP contribution is -2.00. The molecule has 0 radical (unpaired) electrons. The molecule has 0 saturated carbocycles. The molecule has 10 heavy (non-hydrogen) atoms. The first-order valence-corrected chi connectivity index (χ1v) is 3.69. The molecule has 0 N–H and O–H groups in total. The molecule has 0 aromatic heterocycles. The van der Waals surface area contributed by atoms with Crippen LogP contribution in [0.5, 0.6) is 0 Å². The van der Waals surface area contributed by atoms with Crippen LogP contribution in [-0.4, -0.2) is 5.78 Å². The summed E-state index contributed by atoms with van der Waals surface area (Å²) in [6.07, 6.45) is 8.57. The van der Waals surface area contributed by atoms with Crippen LogP contribution in [0.3, 0.4) is 0 Å². The predicted molar refractivity (Wildman–Crippen MR) is 41.8 cm³/mol. The Balaban J connectivity index is 2.66. The number of carbonyl (C=O) groups excluding carboxylic acids is 1. The van der Waals surface area contributed by atoms with Crippen molar-refractivity contribution < 1.29 is 4.79 Å². The summed E-state index contributed by atoms with van der Waals surface area (Å²) in [5, 5.41) is 0. The largest absolute Gasteiger partial charge is 0.295 e. The lowest BCUT2D eigenvalue weighted by atomic mass is 9.98. The Morgan fingerprint density at radius 2 is 2.30 bits per heavy atom. The molecular formula is C9H12O.